The molecule has 1 aromatic carbocycles. The molecule has 2 aromatic rings. The molecule has 0 aliphatic carbocycles. The van der Waals surface area contributed by atoms with E-state index in [1.54, 1.807) is 30.5 Å². The number of aliphatic imine (C=N–C) groups is 1. The van der Waals surface area contributed by atoms with Crippen molar-refractivity contribution in [2.24, 2.45) is 4.99 Å². The number of benzene rings is 1. The number of carbonyl (C=O) groups excluding carboxylic acids is 1. The van der Waals surface area contributed by atoms with E-state index in [0.29, 0.717) is 22.7 Å². The molecule has 0 fully saturated rings. The summed E-state index contributed by atoms with van der Waals surface area (Å²) >= 11 is 0. The fraction of sp³-hybridized carbons (Fsp3) is 0.286. The number of nitrogens with zero attached hydrogens (tertiary/aromatic N) is 4. The van der Waals surface area contributed by atoms with Gasteiger partial charge in [-0.05, 0) is 38.5 Å². The molecule has 3 rings (SSSR count). The van der Waals surface area contributed by atoms with E-state index in [1.807, 2.05) is 26.8 Å². The summed E-state index contributed by atoms with van der Waals surface area (Å²) in [5.41, 5.74) is 13.1. The first-order valence-electron chi connectivity index (χ1n) is 9.65. The number of nitrogens with two attached hydrogens (primary N) is 2. The SMILES string of the molecule is CC(C)(C)NC(=O)COc1ccc(C2N=C(NC#N)Nc3nc(N)c(C#N)c(N)c32)cc1. The van der Waals surface area contributed by atoms with Gasteiger partial charge in [0, 0.05) is 11.1 Å². The van der Waals surface area contributed by atoms with Crippen LogP contribution in [-0.2, 0) is 4.79 Å². The number of rotatable bonds is 4. The van der Waals surface area contributed by atoms with Crippen LogP contribution < -0.4 is 32.2 Å². The third-order valence-electron chi connectivity index (χ3n) is 4.44. The number of carbonyl (C=O) groups is 1. The monoisotopic (exact) mass is 433 g/mol. The molecule has 11 heteroatoms. The Balaban J connectivity index is 1.89. The summed E-state index contributed by atoms with van der Waals surface area (Å²) in [6, 6.07) is 8.21. The molecule has 164 valence electrons. The molecule has 0 radical (unpaired) electrons. The molecule has 1 aliphatic heterocycles. The minimum Gasteiger partial charge on any atom is -0.484 e. The molecule has 1 aromatic heterocycles. The second-order valence-corrected chi connectivity index (χ2v) is 8.06. The van der Waals surface area contributed by atoms with Crippen molar-refractivity contribution in [3.8, 4) is 18.0 Å². The van der Waals surface area contributed by atoms with Crippen LogP contribution in [-0.4, -0.2) is 29.0 Å². The van der Waals surface area contributed by atoms with Crippen molar-refractivity contribution in [2.75, 3.05) is 23.4 Å². The number of nitrogen functional groups attached to an aromatic ring is 2. The fourth-order valence-electron chi connectivity index (χ4n) is 3.17. The van der Waals surface area contributed by atoms with Gasteiger partial charge in [-0.2, -0.15) is 10.5 Å². The van der Waals surface area contributed by atoms with Gasteiger partial charge in [0.25, 0.3) is 5.91 Å². The highest BCUT2D eigenvalue weighted by atomic mass is 16.5. The molecule has 1 atom stereocenters. The average molecular weight is 433 g/mol. The van der Waals surface area contributed by atoms with Crippen LogP contribution in [0.2, 0.25) is 0 Å². The topological polar surface area (TPSA) is 187 Å². The average Bonchev–Trinajstić information content (AvgIpc) is 2.71. The van der Waals surface area contributed by atoms with Crippen molar-refractivity contribution in [3.63, 3.8) is 0 Å². The molecule has 0 bridgehead atoms. The number of hydrogen-bond donors (Lipinski definition) is 5. The molecule has 11 nitrogen and oxygen atoms in total. The van der Waals surface area contributed by atoms with Gasteiger partial charge in [0.1, 0.15) is 35.1 Å². The Bertz CT molecular complexity index is 1150. The van der Waals surface area contributed by atoms with Gasteiger partial charge < -0.3 is 26.8 Å². The fourth-order valence-corrected chi connectivity index (χ4v) is 3.17. The van der Waals surface area contributed by atoms with Gasteiger partial charge >= 0.3 is 0 Å². The van der Waals surface area contributed by atoms with E-state index < -0.39 is 6.04 Å². The molecule has 0 spiro atoms. The maximum atomic E-state index is 12.0. The van der Waals surface area contributed by atoms with E-state index in [2.05, 4.69) is 25.9 Å². The van der Waals surface area contributed by atoms with Crippen LogP contribution in [0.4, 0.5) is 17.3 Å². The quantitative estimate of drug-likeness (QED) is 0.350. The molecule has 7 N–H and O–H groups in total. The van der Waals surface area contributed by atoms with Gasteiger partial charge in [-0.1, -0.05) is 12.1 Å². The third-order valence-corrected chi connectivity index (χ3v) is 4.44. The van der Waals surface area contributed by atoms with E-state index >= 15 is 0 Å². The van der Waals surface area contributed by atoms with Crippen LogP contribution in [0.15, 0.2) is 29.3 Å². The summed E-state index contributed by atoms with van der Waals surface area (Å²) in [5.74, 6) is 0.709. The highest BCUT2D eigenvalue weighted by molar-refractivity contribution is 5.98. The predicted octanol–water partition coefficient (Wildman–Crippen LogP) is 1.35. The zero-order valence-corrected chi connectivity index (χ0v) is 17.9. The standard InChI is InChI=1S/C21H23N9O2/c1-21(2,3)30-14(31)9-32-12-6-4-11(5-7-12)17-15-16(24)13(8-22)18(25)28-19(15)29-20(27-17)26-10-23/h4-7,17H,9H2,1-3H3,(H,30,31)(H6,24,25,26,27,28,29). The van der Waals surface area contributed by atoms with Gasteiger partial charge in [0.05, 0.1) is 5.69 Å². The highest BCUT2D eigenvalue weighted by Crippen LogP contribution is 2.40. The lowest BCUT2D eigenvalue weighted by atomic mass is 9.95. The number of ether oxygens (including phenoxy) is 1. The Morgan fingerprint density at radius 1 is 1.25 bits per heavy atom. The third kappa shape index (κ3) is 4.79. The van der Waals surface area contributed by atoms with Crippen molar-refractivity contribution in [3.05, 3.63) is 41.0 Å². The molecule has 0 saturated carbocycles. The highest BCUT2D eigenvalue weighted by Gasteiger charge is 2.29. The van der Waals surface area contributed by atoms with Gasteiger partial charge in [-0.15, -0.1) is 0 Å². The second-order valence-electron chi connectivity index (χ2n) is 8.06. The van der Waals surface area contributed by atoms with Crippen LogP contribution >= 0.6 is 0 Å². The molecular formula is C21H23N9O2. The van der Waals surface area contributed by atoms with Crippen molar-refractivity contribution in [1.82, 2.24) is 15.6 Å². The lowest BCUT2D eigenvalue weighted by Gasteiger charge is -2.26. The van der Waals surface area contributed by atoms with Crippen LogP contribution in [0.3, 0.4) is 0 Å². The maximum absolute atomic E-state index is 12.0. The molecule has 1 amide bonds. The van der Waals surface area contributed by atoms with Crippen LogP contribution in [0.1, 0.15) is 43.5 Å². The predicted molar refractivity (Wildman–Crippen MR) is 119 cm³/mol. The van der Waals surface area contributed by atoms with E-state index in [1.165, 1.54) is 0 Å². The minimum absolute atomic E-state index is 0.0227. The number of fused-ring (bicyclic) bond motifs is 1. The Morgan fingerprint density at radius 3 is 2.53 bits per heavy atom. The first-order valence-corrected chi connectivity index (χ1v) is 9.65. The molecule has 2 heterocycles. The van der Waals surface area contributed by atoms with Crippen molar-refractivity contribution < 1.29 is 9.53 Å². The van der Waals surface area contributed by atoms with Gasteiger partial charge in [-0.3, -0.25) is 10.1 Å². The van der Waals surface area contributed by atoms with Crippen LogP contribution in [0.5, 0.6) is 5.75 Å². The number of aromatic nitrogens is 1. The zero-order chi connectivity index (χ0) is 23.5. The number of guanidine groups is 1. The first kappa shape index (κ1) is 22.2. The van der Waals surface area contributed by atoms with Crippen molar-refractivity contribution in [2.45, 2.75) is 32.4 Å². The Morgan fingerprint density at radius 2 is 1.94 bits per heavy atom. The molecule has 1 unspecified atom stereocenters. The van der Waals surface area contributed by atoms with Gasteiger partial charge in [-0.25, -0.2) is 9.98 Å². The number of pyridine rings is 1. The summed E-state index contributed by atoms with van der Waals surface area (Å²) in [5, 5.41) is 26.5. The Kier molecular flexibility index (Phi) is 6.03. The van der Waals surface area contributed by atoms with Crippen molar-refractivity contribution in [1.29, 1.82) is 10.5 Å². The number of nitriles is 2. The van der Waals surface area contributed by atoms with E-state index in [9.17, 15) is 10.1 Å². The summed E-state index contributed by atoms with van der Waals surface area (Å²) in [7, 11) is 0. The first-order chi connectivity index (χ1) is 15.1. The molecule has 32 heavy (non-hydrogen) atoms. The van der Waals surface area contributed by atoms with Crippen LogP contribution in [0, 0.1) is 22.8 Å². The normalized spacial score (nSPS) is 14.7. The smallest absolute Gasteiger partial charge is 0.258 e. The van der Waals surface area contributed by atoms with Crippen LogP contribution in [0.25, 0.3) is 0 Å². The summed E-state index contributed by atoms with van der Waals surface area (Å²) in [6.45, 7) is 5.54. The summed E-state index contributed by atoms with van der Waals surface area (Å²) < 4.78 is 5.55. The van der Waals surface area contributed by atoms with E-state index in [-0.39, 0.29) is 41.1 Å². The lowest BCUT2D eigenvalue weighted by Crippen LogP contribution is -2.43. The molecular weight excluding hydrogens is 410 g/mol. The number of anilines is 3. The Labute approximate surface area is 185 Å². The summed E-state index contributed by atoms with van der Waals surface area (Å²) in [4.78, 5) is 20.7. The largest absolute Gasteiger partial charge is 0.484 e. The molecule has 0 saturated heterocycles. The number of nitrogens with one attached hydrogen (secondary N) is 3. The Hall–Kier alpha value is -4.51. The number of hydrogen-bond acceptors (Lipinski definition) is 10. The second kappa shape index (κ2) is 8.70. The van der Waals surface area contributed by atoms with E-state index in [4.69, 9.17) is 21.5 Å². The van der Waals surface area contributed by atoms with Gasteiger partial charge in [0.15, 0.2) is 12.8 Å². The minimum atomic E-state index is -0.652. The summed E-state index contributed by atoms with van der Waals surface area (Å²) in [6.07, 6.45) is 1.80. The molecule has 1 aliphatic rings. The maximum Gasteiger partial charge on any atom is 0.258 e. The van der Waals surface area contributed by atoms with Gasteiger partial charge in [0.2, 0.25) is 5.96 Å². The lowest BCUT2D eigenvalue weighted by molar-refractivity contribution is -0.124. The van der Waals surface area contributed by atoms with E-state index in [0.717, 1.165) is 0 Å². The van der Waals surface area contributed by atoms with Crippen molar-refractivity contribution >= 4 is 29.2 Å². The number of amides is 1. The zero-order valence-electron chi connectivity index (χ0n) is 17.9.